The molecule has 0 fully saturated rings. The van der Waals surface area contributed by atoms with E-state index in [1.54, 1.807) is 11.3 Å². The molecule has 6 heteroatoms. The van der Waals surface area contributed by atoms with Crippen molar-refractivity contribution in [1.29, 1.82) is 0 Å². The second-order valence-electron chi connectivity index (χ2n) is 6.37. The van der Waals surface area contributed by atoms with E-state index in [-0.39, 0.29) is 5.78 Å². The molecule has 0 saturated carbocycles. The third-order valence-electron chi connectivity index (χ3n) is 4.75. The largest absolute Gasteiger partial charge is 0.302 e. The molecule has 0 aliphatic heterocycles. The molecule has 136 valence electrons. The van der Waals surface area contributed by atoms with Gasteiger partial charge in [-0.1, -0.05) is 23.9 Å². The molecule has 0 atom stereocenters. The summed E-state index contributed by atoms with van der Waals surface area (Å²) in [6.07, 6.45) is 0. The average molecular weight is 386 g/mol. The van der Waals surface area contributed by atoms with Crippen LogP contribution in [0.15, 0.2) is 28.7 Å². The first-order valence-electron chi connectivity index (χ1n) is 8.64. The van der Waals surface area contributed by atoms with Crippen molar-refractivity contribution < 1.29 is 4.79 Å². The second kappa shape index (κ2) is 7.76. The number of thioether (sulfide) groups is 1. The Morgan fingerprint density at radius 1 is 1.15 bits per heavy atom. The van der Waals surface area contributed by atoms with Crippen molar-refractivity contribution in [3.63, 3.8) is 0 Å². The maximum absolute atomic E-state index is 12.9. The van der Waals surface area contributed by atoms with Gasteiger partial charge in [-0.15, -0.1) is 21.5 Å². The molecule has 1 aromatic carbocycles. The number of rotatable bonds is 6. The molecule has 0 N–H and O–H groups in total. The highest BCUT2D eigenvalue weighted by molar-refractivity contribution is 7.99. The Morgan fingerprint density at radius 3 is 2.42 bits per heavy atom. The Labute approximate surface area is 162 Å². The zero-order valence-corrected chi connectivity index (χ0v) is 17.4. The minimum atomic E-state index is 0.153. The van der Waals surface area contributed by atoms with E-state index in [0.29, 0.717) is 5.75 Å². The van der Waals surface area contributed by atoms with Gasteiger partial charge in [-0.3, -0.25) is 4.79 Å². The first-order chi connectivity index (χ1) is 12.4. The molecule has 0 radical (unpaired) electrons. The Kier molecular flexibility index (Phi) is 5.63. The summed E-state index contributed by atoms with van der Waals surface area (Å²) in [6.45, 7) is 11.0. The maximum Gasteiger partial charge on any atom is 0.191 e. The van der Waals surface area contributed by atoms with E-state index in [1.807, 2.05) is 31.4 Å². The van der Waals surface area contributed by atoms with Crippen molar-refractivity contribution in [2.75, 3.05) is 5.75 Å². The fourth-order valence-electron chi connectivity index (χ4n) is 3.11. The van der Waals surface area contributed by atoms with E-state index in [9.17, 15) is 4.79 Å². The first kappa shape index (κ1) is 18.9. The third kappa shape index (κ3) is 3.48. The number of Topliss-reactive ketones (excluding diaryl/α,β-unsaturated/α-hetero) is 1. The van der Waals surface area contributed by atoms with Crippen LogP contribution in [0.3, 0.4) is 0 Å². The predicted molar refractivity (Wildman–Crippen MR) is 109 cm³/mol. The number of hydrogen-bond donors (Lipinski definition) is 0. The van der Waals surface area contributed by atoms with E-state index in [1.165, 1.54) is 11.8 Å². The molecule has 26 heavy (non-hydrogen) atoms. The molecular formula is C20H23N3OS2. The minimum Gasteiger partial charge on any atom is -0.302 e. The molecule has 4 nitrogen and oxygen atoms in total. The summed E-state index contributed by atoms with van der Waals surface area (Å²) in [5, 5.41) is 11.5. The van der Waals surface area contributed by atoms with Gasteiger partial charge < -0.3 is 4.57 Å². The summed E-state index contributed by atoms with van der Waals surface area (Å²) in [7, 11) is 0. The molecule has 0 unspecified atom stereocenters. The zero-order chi connectivity index (χ0) is 18.8. The number of carbonyl (C=O) groups excluding carboxylic acids is 1. The van der Waals surface area contributed by atoms with E-state index < -0.39 is 0 Å². The molecular weight excluding hydrogens is 362 g/mol. The van der Waals surface area contributed by atoms with Crippen molar-refractivity contribution in [2.45, 2.75) is 46.3 Å². The standard InChI is InChI=1S/C20H23N3OS2/c1-6-23-19(17-8-7-9-25-17)21-22-20(23)26-11-16(24)18-14(4)12(2)10-13(3)15(18)5/h7-10H,6,11H2,1-5H3. The van der Waals surface area contributed by atoms with Gasteiger partial charge in [0.05, 0.1) is 10.6 Å². The number of carbonyl (C=O) groups is 1. The Hall–Kier alpha value is -1.92. The molecule has 3 aromatic rings. The minimum absolute atomic E-state index is 0.153. The van der Waals surface area contributed by atoms with E-state index in [2.05, 4.69) is 41.6 Å². The van der Waals surface area contributed by atoms with Crippen molar-refractivity contribution in [2.24, 2.45) is 0 Å². The number of nitrogens with zero attached hydrogens (tertiary/aromatic N) is 3. The molecule has 0 amide bonds. The van der Waals surface area contributed by atoms with Gasteiger partial charge in [0, 0.05) is 12.1 Å². The lowest BCUT2D eigenvalue weighted by atomic mass is 9.92. The predicted octanol–water partition coefficient (Wildman–Crippen LogP) is 5.24. The molecule has 0 aliphatic rings. The Balaban J connectivity index is 1.83. The van der Waals surface area contributed by atoms with Crippen LogP contribution in [0.2, 0.25) is 0 Å². The Bertz CT molecular complexity index is 916. The number of thiophene rings is 1. The highest BCUT2D eigenvalue weighted by Gasteiger charge is 2.19. The van der Waals surface area contributed by atoms with Crippen LogP contribution in [0.4, 0.5) is 0 Å². The second-order valence-corrected chi connectivity index (χ2v) is 8.27. The molecule has 3 rings (SSSR count). The van der Waals surface area contributed by atoms with Crippen LogP contribution >= 0.6 is 23.1 Å². The molecule has 0 spiro atoms. The van der Waals surface area contributed by atoms with Gasteiger partial charge in [0.15, 0.2) is 16.8 Å². The van der Waals surface area contributed by atoms with Crippen molar-refractivity contribution in [1.82, 2.24) is 14.8 Å². The number of aromatic nitrogens is 3. The topological polar surface area (TPSA) is 47.8 Å². The van der Waals surface area contributed by atoms with Crippen molar-refractivity contribution in [3.05, 3.63) is 51.4 Å². The molecule has 0 saturated heterocycles. The average Bonchev–Trinajstić information content (AvgIpc) is 3.27. The maximum atomic E-state index is 12.9. The molecule has 2 aromatic heterocycles. The lowest BCUT2D eigenvalue weighted by Gasteiger charge is -2.14. The van der Waals surface area contributed by atoms with Crippen LogP contribution < -0.4 is 0 Å². The summed E-state index contributed by atoms with van der Waals surface area (Å²) >= 11 is 3.11. The van der Waals surface area contributed by atoms with Gasteiger partial charge in [-0.2, -0.15) is 0 Å². The van der Waals surface area contributed by atoms with Gasteiger partial charge in [-0.25, -0.2) is 0 Å². The van der Waals surface area contributed by atoms with Gasteiger partial charge in [0.25, 0.3) is 0 Å². The van der Waals surface area contributed by atoms with Crippen molar-refractivity contribution in [3.8, 4) is 10.7 Å². The third-order valence-corrected chi connectivity index (χ3v) is 6.58. The van der Waals surface area contributed by atoms with Crippen LogP contribution in [0.1, 0.15) is 39.5 Å². The quantitative estimate of drug-likeness (QED) is 0.430. The van der Waals surface area contributed by atoms with Crippen molar-refractivity contribution >= 4 is 28.9 Å². The summed E-state index contributed by atoms with van der Waals surface area (Å²) in [6, 6.07) is 6.20. The molecule has 0 bridgehead atoms. The van der Waals surface area contributed by atoms with Crippen LogP contribution in [0.25, 0.3) is 10.7 Å². The number of hydrogen-bond acceptors (Lipinski definition) is 5. The lowest BCUT2D eigenvalue weighted by molar-refractivity contribution is 0.102. The summed E-state index contributed by atoms with van der Waals surface area (Å²) in [5.74, 6) is 1.39. The highest BCUT2D eigenvalue weighted by atomic mass is 32.2. The normalized spacial score (nSPS) is 11.1. The smallest absolute Gasteiger partial charge is 0.191 e. The van der Waals surface area contributed by atoms with Gasteiger partial charge >= 0.3 is 0 Å². The van der Waals surface area contributed by atoms with E-state index in [0.717, 1.165) is 50.2 Å². The fraction of sp³-hybridized carbons (Fsp3) is 0.350. The van der Waals surface area contributed by atoms with Crippen LogP contribution in [-0.2, 0) is 6.54 Å². The van der Waals surface area contributed by atoms with Crippen LogP contribution in [-0.4, -0.2) is 26.3 Å². The van der Waals surface area contributed by atoms with Gasteiger partial charge in [0.1, 0.15) is 0 Å². The molecule has 2 heterocycles. The van der Waals surface area contributed by atoms with E-state index in [4.69, 9.17) is 0 Å². The monoisotopic (exact) mass is 385 g/mol. The van der Waals surface area contributed by atoms with Crippen LogP contribution in [0.5, 0.6) is 0 Å². The fourth-order valence-corrected chi connectivity index (χ4v) is 4.70. The highest BCUT2D eigenvalue weighted by Crippen LogP contribution is 2.29. The Morgan fingerprint density at radius 2 is 1.85 bits per heavy atom. The SMILES string of the molecule is CCn1c(SCC(=O)c2c(C)c(C)cc(C)c2C)nnc1-c1cccs1. The molecule has 0 aliphatic carbocycles. The zero-order valence-electron chi connectivity index (χ0n) is 15.8. The first-order valence-corrected chi connectivity index (χ1v) is 10.5. The van der Waals surface area contributed by atoms with E-state index >= 15 is 0 Å². The summed E-state index contributed by atoms with van der Waals surface area (Å²) in [4.78, 5) is 14.0. The summed E-state index contributed by atoms with van der Waals surface area (Å²) < 4.78 is 2.07. The number of ketones is 1. The van der Waals surface area contributed by atoms with Gasteiger partial charge in [-0.05, 0) is 68.3 Å². The van der Waals surface area contributed by atoms with Gasteiger partial charge in [0.2, 0.25) is 0 Å². The van der Waals surface area contributed by atoms with Crippen LogP contribution in [0, 0.1) is 27.7 Å². The number of benzene rings is 1. The number of aryl methyl sites for hydroxylation is 2. The summed E-state index contributed by atoms with van der Waals surface area (Å²) in [5.41, 5.74) is 5.34. The lowest BCUT2D eigenvalue weighted by Crippen LogP contribution is -2.10.